The zero-order valence-corrected chi connectivity index (χ0v) is 23.9. The molecule has 0 aliphatic heterocycles. The standard InChI is InChI=1S/C33H32Cl2N2O3/c1-40-30-17-11-24(12-18-30)19-20-36-33(39)31(21-25-5-3-2-4-6-25)37(23-27-9-15-29(35)16-10-27)32(38)22-26-7-13-28(34)14-8-26/h2-18,31H,19-23H2,1H3,(H,36,39). The number of carbonyl (C=O) groups excluding carboxylic acids is 2. The average molecular weight is 576 g/mol. The van der Waals surface area contributed by atoms with Crippen LogP contribution in [0, 0.1) is 0 Å². The number of carbonyl (C=O) groups is 2. The minimum atomic E-state index is -0.714. The smallest absolute Gasteiger partial charge is 0.243 e. The van der Waals surface area contributed by atoms with Gasteiger partial charge in [-0.15, -0.1) is 0 Å². The summed E-state index contributed by atoms with van der Waals surface area (Å²) in [5, 5.41) is 4.29. The van der Waals surface area contributed by atoms with Crippen LogP contribution in [0.2, 0.25) is 10.0 Å². The minimum absolute atomic E-state index is 0.148. The Balaban J connectivity index is 1.58. The zero-order valence-electron chi connectivity index (χ0n) is 22.4. The third-order valence-electron chi connectivity index (χ3n) is 6.68. The summed E-state index contributed by atoms with van der Waals surface area (Å²) in [6, 6.07) is 31.4. The Morgan fingerprint density at radius 3 is 1.93 bits per heavy atom. The Labute approximate surface area is 245 Å². The normalized spacial score (nSPS) is 11.5. The summed E-state index contributed by atoms with van der Waals surface area (Å²) in [6.45, 7) is 0.712. The van der Waals surface area contributed by atoms with Gasteiger partial charge in [-0.05, 0) is 65.1 Å². The molecule has 4 aromatic carbocycles. The summed E-state index contributed by atoms with van der Waals surface area (Å²) in [6.07, 6.45) is 1.19. The van der Waals surface area contributed by atoms with Gasteiger partial charge in [0.15, 0.2) is 0 Å². The van der Waals surface area contributed by atoms with Crippen LogP contribution in [0.1, 0.15) is 22.3 Å². The van der Waals surface area contributed by atoms with Crippen LogP contribution in [0.15, 0.2) is 103 Å². The molecule has 2 amide bonds. The lowest BCUT2D eigenvalue weighted by molar-refractivity contribution is -0.140. The van der Waals surface area contributed by atoms with Crippen molar-refractivity contribution in [3.63, 3.8) is 0 Å². The lowest BCUT2D eigenvalue weighted by Crippen LogP contribution is -2.51. The van der Waals surface area contributed by atoms with Gasteiger partial charge in [-0.1, -0.05) is 89.9 Å². The molecule has 4 aromatic rings. The van der Waals surface area contributed by atoms with Crippen LogP contribution in [0.5, 0.6) is 5.75 Å². The Hall–Kier alpha value is -3.80. The predicted molar refractivity (Wildman–Crippen MR) is 161 cm³/mol. The predicted octanol–water partition coefficient (Wildman–Crippen LogP) is 6.54. The van der Waals surface area contributed by atoms with Gasteiger partial charge in [0.05, 0.1) is 13.5 Å². The molecular formula is C33H32Cl2N2O3. The number of halogens is 2. The zero-order chi connectivity index (χ0) is 28.3. The average Bonchev–Trinajstić information content (AvgIpc) is 2.98. The summed E-state index contributed by atoms with van der Waals surface area (Å²) in [4.78, 5) is 29.3. The first-order valence-corrected chi connectivity index (χ1v) is 13.9. The van der Waals surface area contributed by atoms with Gasteiger partial charge in [0, 0.05) is 29.6 Å². The number of rotatable bonds is 12. The molecule has 0 saturated heterocycles. The second kappa shape index (κ2) is 14.5. The maximum absolute atomic E-state index is 13.8. The summed E-state index contributed by atoms with van der Waals surface area (Å²) in [5.41, 5.74) is 3.77. The molecular weight excluding hydrogens is 543 g/mol. The molecule has 206 valence electrons. The first-order chi connectivity index (χ1) is 19.4. The third-order valence-corrected chi connectivity index (χ3v) is 7.18. The van der Waals surface area contributed by atoms with Crippen molar-refractivity contribution >= 4 is 35.0 Å². The maximum Gasteiger partial charge on any atom is 0.243 e. The first-order valence-electron chi connectivity index (χ1n) is 13.1. The number of methoxy groups -OCH3 is 1. The lowest BCUT2D eigenvalue weighted by Gasteiger charge is -2.32. The second-order valence-electron chi connectivity index (χ2n) is 9.55. The highest BCUT2D eigenvalue weighted by atomic mass is 35.5. The SMILES string of the molecule is COc1ccc(CCNC(=O)C(Cc2ccccc2)N(Cc2ccc(Cl)cc2)C(=O)Cc2ccc(Cl)cc2)cc1. The van der Waals surface area contributed by atoms with E-state index in [0.29, 0.717) is 29.4 Å². The highest BCUT2D eigenvalue weighted by Gasteiger charge is 2.30. The van der Waals surface area contributed by atoms with Crippen LogP contribution in [0.3, 0.4) is 0 Å². The molecule has 0 bridgehead atoms. The van der Waals surface area contributed by atoms with Gasteiger partial charge in [0.1, 0.15) is 11.8 Å². The van der Waals surface area contributed by atoms with Gasteiger partial charge >= 0.3 is 0 Å². The fraction of sp³-hybridized carbons (Fsp3) is 0.212. The number of ether oxygens (including phenoxy) is 1. The number of nitrogens with one attached hydrogen (secondary N) is 1. The summed E-state index contributed by atoms with van der Waals surface area (Å²) < 4.78 is 5.23. The molecule has 4 rings (SSSR count). The lowest BCUT2D eigenvalue weighted by atomic mass is 10.0. The number of hydrogen-bond donors (Lipinski definition) is 1. The van der Waals surface area contributed by atoms with Crippen molar-refractivity contribution in [3.8, 4) is 5.75 Å². The van der Waals surface area contributed by atoms with Crippen LogP contribution in [0.4, 0.5) is 0 Å². The van der Waals surface area contributed by atoms with E-state index in [2.05, 4.69) is 5.32 Å². The summed E-state index contributed by atoms with van der Waals surface area (Å²) in [5.74, 6) is 0.437. The molecule has 0 aliphatic carbocycles. The largest absolute Gasteiger partial charge is 0.497 e. The van der Waals surface area contributed by atoms with Crippen molar-refractivity contribution in [1.29, 1.82) is 0 Å². The Morgan fingerprint density at radius 1 is 0.750 bits per heavy atom. The molecule has 0 aromatic heterocycles. The van der Waals surface area contributed by atoms with Crippen molar-refractivity contribution in [2.24, 2.45) is 0 Å². The van der Waals surface area contributed by atoms with Crippen LogP contribution >= 0.6 is 23.2 Å². The Bertz CT molecular complexity index is 1380. The van der Waals surface area contributed by atoms with E-state index in [0.717, 1.165) is 28.0 Å². The Kier molecular flexibility index (Phi) is 10.6. The van der Waals surface area contributed by atoms with Crippen LogP contribution in [0.25, 0.3) is 0 Å². The Morgan fingerprint density at radius 2 is 1.32 bits per heavy atom. The number of benzene rings is 4. The molecule has 0 saturated carbocycles. The molecule has 5 nitrogen and oxygen atoms in total. The van der Waals surface area contributed by atoms with Crippen molar-refractivity contribution in [2.45, 2.75) is 31.8 Å². The van der Waals surface area contributed by atoms with Crippen LogP contribution in [-0.2, 0) is 35.4 Å². The highest BCUT2D eigenvalue weighted by Crippen LogP contribution is 2.19. The summed E-state index contributed by atoms with van der Waals surface area (Å²) in [7, 11) is 1.63. The first kappa shape index (κ1) is 29.2. The summed E-state index contributed by atoms with van der Waals surface area (Å²) >= 11 is 12.2. The van der Waals surface area contributed by atoms with Crippen LogP contribution < -0.4 is 10.1 Å². The minimum Gasteiger partial charge on any atom is -0.497 e. The molecule has 1 atom stereocenters. The molecule has 1 N–H and O–H groups in total. The number of hydrogen-bond acceptors (Lipinski definition) is 3. The molecule has 0 radical (unpaired) electrons. The molecule has 0 fully saturated rings. The quantitative estimate of drug-likeness (QED) is 0.209. The van der Waals surface area contributed by atoms with E-state index in [1.165, 1.54) is 0 Å². The van der Waals surface area contributed by atoms with E-state index in [-0.39, 0.29) is 24.8 Å². The molecule has 0 heterocycles. The molecule has 40 heavy (non-hydrogen) atoms. The fourth-order valence-electron chi connectivity index (χ4n) is 4.46. The van der Waals surface area contributed by atoms with Crippen molar-refractivity contribution in [1.82, 2.24) is 10.2 Å². The van der Waals surface area contributed by atoms with E-state index < -0.39 is 6.04 Å². The molecule has 1 unspecified atom stereocenters. The van der Waals surface area contributed by atoms with Gasteiger partial charge in [-0.25, -0.2) is 0 Å². The van der Waals surface area contributed by atoms with Crippen molar-refractivity contribution in [3.05, 3.63) is 135 Å². The van der Waals surface area contributed by atoms with Gasteiger partial charge in [0.25, 0.3) is 0 Å². The van der Waals surface area contributed by atoms with Crippen molar-refractivity contribution in [2.75, 3.05) is 13.7 Å². The van der Waals surface area contributed by atoms with E-state index in [1.807, 2.05) is 78.9 Å². The van der Waals surface area contributed by atoms with E-state index in [4.69, 9.17) is 27.9 Å². The van der Waals surface area contributed by atoms with E-state index >= 15 is 0 Å². The number of nitrogens with zero attached hydrogens (tertiary/aromatic N) is 1. The van der Waals surface area contributed by atoms with E-state index in [1.54, 1.807) is 36.3 Å². The maximum atomic E-state index is 13.8. The van der Waals surface area contributed by atoms with Gasteiger partial charge < -0.3 is 15.0 Å². The topological polar surface area (TPSA) is 58.6 Å². The van der Waals surface area contributed by atoms with Gasteiger partial charge in [-0.3, -0.25) is 9.59 Å². The molecule has 0 aliphatic rings. The monoisotopic (exact) mass is 574 g/mol. The fourth-order valence-corrected chi connectivity index (χ4v) is 4.71. The van der Waals surface area contributed by atoms with E-state index in [9.17, 15) is 9.59 Å². The number of amides is 2. The van der Waals surface area contributed by atoms with Gasteiger partial charge in [0.2, 0.25) is 11.8 Å². The molecule has 0 spiro atoms. The van der Waals surface area contributed by atoms with Crippen molar-refractivity contribution < 1.29 is 14.3 Å². The molecule has 7 heteroatoms. The van der Waals surface area contributed by atoms with Gasteiger partial charge in [-0.2, -0.15) is 0 Å². The second-order valence-corrected chi connectivity index (χ2v) is 10.4. The third kappa shape index (κ3) is 8.60. The highest BCUT2D eigenvalue weighted by molar-refractivity contribution is 6.30. The van der Waals surface area contributed by atoms with Crippen LogP contribution in [-0.4, -0.2) is 36.4 Å².